The Morgan fingerprint density at radius 1 is 1.24 bits per heavy atom. The summed E-state index contributed by atoms with van der Waals surface area (Å²) in [4.78, 5) is 8.73. The van der Waals surface area contributed by atoms with E-state index in [4.69, 9.17) is 8.22 Å². The molecule has 0 spiro atoms. The number of hydrogen-bond donors (Lipinski definition) is 0. The van der Waals surface area contributed by atoms with Crippen LogP contribution in [0.3, 0.4) is 0 Å². The van der Waals surface area contributed by atoms with E-state index in [-0.39, 0.29) is 5.65 Å². The van der Waals surface area contributed by atoms with Crippen molar-refractivity contribution < 1.29 is 12.8 Å². The van der Waals surface area contributed by atoms with Crippen LogP contribution in [0.1, 0.15) is 13.9 Å². The van der Waals surface area contributed by atoms with Crippen LogP contribution in [0.4, 0.5) is 0 Å². The predicted octanol–water partition coefficient (Wildman–Crippen LogP) is 1.78. The summed E-state index contributed by atoms with van der Waals surface area (Å²) in [6, 6.07) is 6.83. The van der Waals surface area contributed by atoms with Gasteiger partial charge in [-0.1, -0.05) is 0 Å². The van der Waals surface area contributed by atoms with E-state index in [2.05, 4.69) is 9.97 Å². The Hall–Kier alpha value is -2.69. The van der Waals surface area contributed by atoms with Gasteiger partial charge in [0.2, 0.25) is 11.3 Å². The maximum atomic E-state index is 8.10. The monoisotopic (exact) mass is 282 g/mol. The minimum atomic E-state index is -2.58. The first-order valence-corrected chi connectivity index (χ1v) is 6.58. The van der Waals surface area contributed by atoms with E-state index in [9.17, 15) is 0 Å². The van der Waals surface area contributed by atoms with Crippen molar-refractivity contribution in [2.24, 2.45) is 14.0 Å². The molecule has 5 nitrogen and oxygen atoms in total. The standard InChI is InChI=1S/C16H14N5/c1-19-12-6-4-8-18-13(12)14-16(19)20(2)15-10-5-3-7-17-11(10)9-21(14)15/h3-8H,9H2,1-2H3/q+1/i1D3,2D3. The molecule has 0 fully saturated rings. The van der Waals surface area contributed by atoms with E-state index < -0.39 is 14.0 Å². The molecule has 0 saturated carbocycles. The summed E-state index contributed by atoms with van der Waals surface area (Å²) in [6.07, 6.45) is 3.23. The summed E-state index contributed by atoms with van der Waals surface area (Å²) >= 11 is 0. The van der Waals surface area contributed by atoms with Crippen molar-refractivity contribution >= 4 is 22.2 Å². The Balaban J connectivity index is 2.07. The molecule has 0 radical (unpaired) electrons. The van der Waals surface area contributed by atoms with Crippen LogP contribution in [0.25, 0.3) is 33.6 Å². The van der Waals surface area contributed by atoms with Gasteiger partial charge in [-0.25, -0.2) is 14.1 Å². The lowest BCUT2D eigenvalue weighted by Crippen LogP contribution is -2.31. The smallest absolute Gasteiger partial charge is 0.257 e. The molecule has 0 saturated heterocycles. The number of aromatic nitrogens is 5. The van der Waals surface area contributed by atoms with E-state index >= 15 is 0 Å². The highest BCUT2D eigenvalue weighted by molar-refractivity contribution is 6.02. The fraction of sp³-hybridized carbons (Fsp3) is 0.188. The van der Waals surface area contributed by atoms with Gasteiger partial charge in [-0.3, -0.25) is 9.55 Å². The lowest BCUT2D eigenvalue weighted by molar-refractivity contribution is -0.636. The Morgan fingerprint density at radius 3 is 3.05 bits per heavy atom. The Morgan fingerprint density at radius 2 is 2.14 bits per heavy atom. The molecule has 4 aromatic heterocycles. The molecular formula is C16H14N5+. The summed E-state index contributed by atoms with van der Waals surface area (Å²) in [5.74, 6) is 0.425. The fourth-order valence-corrected chi connectivity index (χ4v) is 3.20. The summed E-state index contributed by atoms with van der Waals surface area (Å²) in [7, 11) is 0. The van der Waals surface area contributed by atoms with E-state index in [1.807, 2.05) is 0 Å². The molecule has 5 rings (SSSR count). The second kappa shape index (κ2) is 3.49. The first-order chi connectivity index (χ1) is 12.7. The maximum absolute atomic E-state index is 8.10. The third-order valence-electron chi connectivity index (χ3n) is 4.06. The third-order valence-corrected chi connectivity index (χ3v) is 4.06. The molecule has 1 aliphatic heterocycles. The number of rotatable bonds is 0. The van der Waals surface area contributed by atoms with Crippen molar-refractivity contribution in [2.45, 2.75) is 6.54 Å². The number of pyridine rings is 2. The number of nitrogens with zero attached hydrogens (tertiary/aromatic N) is 5. The topological polar surface area (TPSA) is 39.5 Å². The van der Waals surface area contributed by atoms with Crippen molar-refractivity contribution in [3.8, 4) is 11.4 Å². The van der Waals surface area contributed by atoms with Gasteiger partial charge >= 0.3 is 0 Å². The Kier molecular flexibility index (Phi) is 1.14. The van der Waals surface area contributed by atoms with Crippen molar-refractivity contribution in [1.82, 2.24) is 19.1 Å². The molecule has 0 aromatic carbocycles. The molecule has 5 heteroatoms. The van der Waals surface area contributed by atoms with E-state index in [1.54, 1.807) is 41.2 Å². The van der Waals surface area contributed by atoms with Crippen LogP contribution >= 0.6 is 0 Å². The molecule has 102 valence electrons. The van der Waals surface area contributed by atoms with Crippen LogP contribution in [0.5, 0.6) is 0 Å². The average molecular weight is 282 g/mol. The third kappa shape index (κ3) is 1.15. The quantitative estimate of drug-likeness (QED) is 0.406. The zero-order chi connectivity index (χ0) is 19.1. The van der Waals surface area contributed by atoms with Gasteiger partial charge in [0.1, 0.15) is 17.6 Å². The van der Waals surface area contributed by atoms with Gasteiger partial charge in [0.25, 0.3) is 5.65 Å². The SMILES string of the molecule is [2H]C([2H])([2H])n1c2cccnc2c2c1[n+](C([2H])([2H])[2H])c1n2Cc2ncccc2-1. The summed E-state index contributed by atoms with van der Waals surface area (Å²) in [6.45, 7) is -4.77. The molecule has 0 unspecified atom stereocenters. The normalized spacial score (nSPS) is 18.5. The highest BCUT2D eigenvalue weighted by atomic mass is 15.2. The molecule has 0 bridgehead atoms. The molecule has 0 atom stereocenters. The van der Waals surface area contributed by atoms with E-state index in [0.29, 0.717) is 34.5 Å². The average Bonchev–Trinajstić information content (AvgIpc) is 3.18. The number of hydrogen-bond acceptors (Lipinski definition) is 2. The predicted molar refractivity (Wildman–Crippen MR) is 79.7 cm³/mol. The van der Waals surface area contributed by atoms with Gasteiger partial charge in [0, 0.05) is 12.4 Å². The van der Waals surface area contributed by atoms with E-state index in [0.717, 1.165) is 14.8 Å². The number of imidazole rings is 1. The number of aryl methyl sites for hydroxylation is 2. The van der Waals surface area contributed by atoms with Gasteiger partial charge in [-0.15, -0.1) is 0 Å². The van der Waals surface area contributed by atoms with Gasteiger partial charge in [-0.2, -0.15) is 0 Å². The minimum Gasteiger partial charge on any atom is -0.257 e. The zero-order valence-electron chi connectivity index (χ0n) is 16.9. The first kappa shape index (κ1) is 6.85. The van der Waals surface area contributed by atoms with Crippen molar-refractivity contribution in [3.63, 3.8) is 0 Å². The summed E-state index contributed by atoms with van der Waals surface area (Å²) < 4.78 is 52.3. The van der Waals surface area contributed by atoms with Crippen molar-refractivity contribution in [3.05, 3.63) is 42.4 Å². The van der Waals surface area contributed by atoms with Crippen LogP contribution in [-0.2, 0) is 20.5 Å². The second-order valence-electron chi connectivity index (χ2n) is 5.12. The lowest BCUT2D eigenvalue weighted by atomic mass is 10.2. The molecule has 21 heavy (non-hydrogen) atoms. The number of fused-ring (bicyclic) bond motifs is 7. The molecule has 0 aliphatic carbocycles. The van der Waals surface area contributed by atoms with Crippen molar-refractivity contribution in [1.29, 1.82) is 0 Å². The van der Waals surface area contributed by atoms with Crippen molar-refractivity contribution in [2.75, 3.05) is 0 Å². The van der Waals surface area contributed by atoms with E-state index in [1.165, 1.54) is 0 Å². The lowest BCUT2D eigenvalue weighted by Gasteiger charge is -1.98. The molecular weight excluding hydrogens is 262 g/mol. The zero-order valence-corrected chi connectivity index (χ0v) is 10.9. The van der Waals surface area contributed by atoms with Crippen LogP contribution in [0.15, 0.2) is 36.7 Å². The summed E-state index contributed by atoms with van der Waals surface area (Å²) in [5.41, 5.74) is 2.88. The molecule has 0 amide bonds. The Labute approximate surface area is 129 Å². The minimum absolute atomic E-state index is 0.119. The molecule has 1 aliphatic rings. The fourth-order valence-electron chi connectivity index (χ4n) is 3.20. The van der Waals surface area contributed by atoms with Crippen LogP contribution < -0.4 is 4.57 Å². The Bertz CT molecular complexity index is 1230. The molecule has 5 heterocycles. The molecule has 0 N–H and O–H groups in total. The van der Waals surface area contributed by atoms with Gasteiger partial charge < -0.3 is 0 Å². The first-order valence-electron chi connectivity index (χ1n) is 9.58. The maximum Gasteiger partial charge on any atom is 0.270 e. The van der Waals surface area contributed by atoms with Gasteiger partial charge in [0.05, 0.1) is 33.4 Å². The van der Waals surface area contributed by atoms with Gasteiger partial charge in [0.15, 0.2) is 0 Å². The van der Waals surface area contributed by atoms with Crippen LogP contribution in [-0.4, -0.2) is 19.1 Å². The highest BCUT2D eigenvalue weighted by Crippen LogP contribution is 2.35. The molecule has 4 aromatic rings. The van der Waals surface area contributed by atoms with Crippen LogP contribution in [0.2, 0.25) is 0 Å². The summed E-state index contributed by atoms with van der Waals surface area (Å²) in [5, 5.41) is 0. The van der Waals surface area contributed by atoms with Crippen LogP contribution in [0, 0.1) is 0 Å². The highest BCUT2D eigenvalue weighted by Gasteiger charge is 2.35. The largest absolute Gasteiger partial charge is 0.270 e. The second-order valence-corrected chi connectivity index (χ2v) is 5.12. The van der Waals surface area contributed by atoms with Gasteiger partial charge in [-0.05, 0) is 24.3 Å².